The van der Waals surface area contributed by atoms with Crippen LogP contribution in [0, 0.1) is 17.7 Å². The van der Waals surface area contributed by atoms with Crippen molar-refractivity contribution in [2.75, 3.05) is 13.2 Å². The van der Waals surface area contributed by atoms with Gasteiger partial charge in [0.05, 0.1) is 12.5 Å². The molecule has 0 fully saturated rings. The number of carbonyl (C=O) groups is 1. The lowest BCUT2D eigenvalue weighted by Gasteiger charge is -2.12. The molecular formula is C15H23FN2O2. The van der Waals surface area contributed by atoms with Gasteiger partial charge in [-0.05, 0) is 30.2 Å². The van der Waals surface area contributed by atoms with Crippen molar-refractivity contribution in [3.05, 3.63) is 29.6 Å². The first-order valence-electron chi connectivity index (χ1n) is 6.80. The van der Waals surface area contributed by atoms with Crippen LogP contribution in [0.3, 0.4) is 0 Å². The summed E-state index contributed by atoms with van der Waals surface area (Å²) in [5.74, 6) is -0.230. The summed E-state index contributed by atoms with van der Waals surface area (Å²) in [5.41, 5.74) is 5.96. The summed E-state index contributed by atoms with van der Waals surface area (Å²) in [6.45, 7) is 7.49. The molecule has 0 radical (unpaired) electrons. The molecule has 1 atom stereocenters. The van der Waals surface area contributed by atoms with E-state index in [-0.39, 0.29) is 12.4 Å². The van der Waals surface area contributed by atoms with Gasteiger partial charge in [-0.15, -0.1) is 0 Å². The summed E-state index contributed by atoms with van der Waals surface area (Å²) in [5, 5.41) is 3.24. The zero-order valence-electron chi connectivity index (χ0n) is 12.3. The highest BCUT2D eigenvalue weighted by Gasteiger charge is 2.10. The van der Waals surface area contributed by atoms with Crippen LogP contribution in [0.4, 0.5) is 4.39 Å². The molecule has 0 bridgehead atoms. The lowest BCUT2D eigenvalue weighted by molar-refractivity contribution is -0.122. The van der Waals surface area contributed by atoms with Crippen LogP contribution in [0.5, 0.6) is 5.75 Å². The van der Waals surface area contributed by atoms with Crippen molar-refractivity contribution in [1.29, 1.82) is 0 Å². The van der Waals surface area contributed by atoms with Gasteiger partial charge in [0, 0.05) is 12.6 Å². The Kier molecular flexibility index (Phi) is 6.45. The highest BCUT2D eigenvalue weighted by molar-refractivity contribution is 5.76. The number of ether oxygens (including phenoxy) is 1. The average Bonchev–Trinajstić information content (AvgIpc) is 2.34. The molecular weight excluding hydrogens is 259 g/mol. The topological polar surface area (TPSA) is 64.3 Å². The minimum Gasteiger partial charge on any atom is -0.493 e. The Morgan fingerprint density at radius 2 is 2.05 bits per heavy atom. The first-order chi connectivity index (χ1) is 9.38. The van der Waals surface area contributed by atoms with Gasteiger partial charge in [0.25, 0.3) is 0 Å². The Morgan fingerprint density at radius 3 is 2.65 bits per heavy atom. The van der Waals surface area contributed by atoms with E-state index in [0.29, 0.717) is 18.2 Å². The number of carbonyl (C=O) groups excluding carboxylic acids is 1. The van der Waals surface area contributed by atoms with E-state index in [1.165, 1.54) is 12.1 Å². The molecule has 0 spiro atoms. The number of nitrogens with one attached hydrogen (secondary N) is 1. The molecule has 0 saturated carbocycles. The molecule has 20 heavy (non-hydrogen) atoms. The van der Waals surface area contributed by atoms with E-state index in [1.807, 2.05) is 0 Å². The third kappa shape index (κ3) is 6.02. The van der Waals surface area contributed by atoms with Crippen molar-refractivity contribution in [3.63, 3.8) is 0 Å². The Bertz CT molecular complexity index is 449. The van der Waals surface area contributed by atoms with Crippen LogP contribution in [0.15, 0.2) is 18.2 Å². The highest BCUT2D eigenvalue weighted by Crippen LogP contribution is 2.17. The van der Waals surface area contributed by atoms with Crippen molar-refractivity contribution >= 4 is 5.91 Å². The molecule has 1 unspecified atom stereocenters. The second-order valence-corrected chi connectivity index (χ2v) is 5.43. The van der Waals surface area contributed by atoms with E-state index in [0.717, 1.165) is 12.1 Å². The first-order valence-corrected chi connectivity index (χ1v) is 6.80. The molecule has 0 saturated heterocycles. The van der Waals surface area contributed by atoms with Gasteiger partial charge < -0.3 is 15.8 Å². The predicted molar refractivity (Wildman–Crippen MR) is 76.8 cm³/mol. The molecule has 1 aromatic rings. The van der Waals surface area contributed by atoms with Crippen molar-refractivity contribution in [2.45, 2.75) is 27.3 Å². The fraction of sp³-hybridized carbons (Fsp3) is 0.533. The van der Waals surface area contributed by atoms with E-state index in [4.69, 9.17) is 10.5 Å². The standard InChI is InChI=1S/C15H23FN2O2/c1-10(2)7-18-8-12-4-13(16)6-14(5-12)20-9-11(3)15(17)19/h4-6,10-11,18H,7-9H2,1-3H3,(H2,17,19). The van der Waals surface area contributed by atoms with Crippen LogP contribution >= 0.6 is 0 Å². The zero-order chi connectivity index (χ0) is 15.1. The zero-order valence-corrected chi connectivity index (χ0v) is 12.3. The molecule has 1 amide bonds. The number of hydrogen-bond acceptors (Lipinski definition) is 3. The number of primary amides is 1. The van der Waals surface area contributed by atoms with Gasteiger partial charge in [-0.25, -0.2) is 4.39 Å². The number of halogens is 1. The van der Waals surface area contributed by atoms with E-state index in [2.05, 4.69) is 19.2 Å². The minimum absolute atomic E-state index is 0.150. The van der Waals surface area contributed by atoms with Gasteiger partial charge in [0.15, 0.2) is 0 Å². The van der Waals surface area contributed by atoms with E-state index >= 15 is 0 Å². The smallest absolute Gasteiger partial charge is 0.223 e. The van der Waals surface area contributed by atoms with Gasteiger partial charge in [-0.1, -0.05) is 20.8 Å². The third-order valence-electron chi connectivity index (χ3n) is 2.80. The van der Waals surface area contributed by atoms with Crippen LogP contribution < -0.4 is 15.8 Å². The molecule has 112 valence electrons. The minimum atomic E-state index is -0.430. The van der Waals surface area contributed by atoms with Gasteiger partial charge in [0.1, 0.15) is 11.6 Å². The van der Waals surface area contributed by atoms with Gasteiger partial charge in [-0.3, -0.25) is 4.79 Å². The van der Waals surface area contributed by atoms with Crippen LogP contribution in [-0.4, -0.2) is 19.1 Å². The van der Waals surface area contributed by atoms with E-state index in [1.54, 1.807) is 13.0 Å². The molecule has 0 aliphatic rings. The maximum Gasteiger partial charge on any atom is 0.223 e. The Hall–Kier alpha value is -1.62. The summed E-state index contributed by atoms with van der Waals surface area (Å²) in [6.07, 6.45) is 0. The van der Waals surface area contributed by atoms with Crippen LogP contribution in [-0.2, 0) is 11.3 Å². The number of amides is 1. The molecule has 0 aliphatic carbocycles. The first kappa shape index (κ1) is 16.4. The normalized spacial score (nSPS) is 12.4. The highest BCUT2D eigenvalue weighted by atomic mass is 19.1. The van der Waals surface area contributed by atoms with Crippen molar-refractivity contribution in [3.8, 4) is 5.75 Å². The summed E-state index contributed by atoms with van der Waals surface area (Å²) in [6, 6.07) is 4.54. The fourth-order valence-electron chi connectivity index (χ4n) is 1.61. The van der Waals surface area contributed by atoms with E-state index in [9.17, 15) is 9.18 Å². The summed E-state index contributed by atoms with van der Waals surface area (Å²) < 4.78 is 18.9. The molecule has 0 heterocycles. The van der Waals surface area contributed by atoms with Crippen molar-refractivity contribution in [1.82, 2.24) is 5.32 Å². The quantitative estimate of drug-likeness (QED) is 0.767. The lowest BCUT2D eigenvalue weighted by Crippen LogP contribution is -2.25. The van der Waals surface area contributed by atoms with Crippen LogP contribution in [0.25, 0.3) is 0 Å². The predicted octanol–water partition coefficient (Wildman–Crippen LogP) is 2.07. The second-order valence-electron chi connectivity index (χ2n) is 5.43. The summed E-state index contributed by atoms with van der Waals surface area (Å²) in [4.78, 5) is 10.9. The Balaban J connectivity index is 2.59. The lowest BCUT2D eigenvalue weighted by atomic mass is 10.1. The number of rotatable bonds is 8. The molecule has 4 nitrogen and oxygen atoms in total. The average molecular weight is 282 g/mol. The number of hydrogen-bond donors (Lipinski definition) is 2. The van der Waals surface area contributed by atoms with E-state index < -0.39 is 11.8 Å². The monoisotopic (exact) mass is 282 g/mol. The molecule has 1 aromatic carbocycles. The molecule has 0 aromatic heterocycles. The molecule has 5 heteroatoms. The van der Waals surface area contributed by atoms with Crippen LogP contribution in [0.1, 0.15) is 26.3 Å². The summed E-state index contributed by atoms with van der Waals surface area (Å²) >= 11 is 0. The maximum absolute atomic E-state index is 13.5. The fourth-order valence-corrected chi connectivity index (χ4v) is 1.61. The SMILES string of the molecule is CC(C)CNCc1cc(F)cc(OCC(C)C(N)=O)c1. The van der Waals surface area contributed by atoms with Crippen molar-refractivity contribution in [2.24, 2.45) is 17.6 Å². The second kappa shape index (κ2) is 7.85. The Morgan fingerprint density at radius 1 is 1.35 bits per heavy atom. The van der Waals surface area contributed by atoms with Crippen molar-refractivity contribution < 1.29 is 13.9 Å². The molecule has 3 N–H and O–H groups in total. The van der Waals surface area contributed by atoms with Crippen LogP contribution in [0.2, 0.25) is 0 Å². The number of benzene rings is 1. The largest absolute Gasteiger partial charge is 0.493 e. The number of nitrogens with two attached hydrogens (primary N) is 1. The van der Waals surface area contributed by atoms with Gasteiger partial charge in [-0.2, -0.15) is 0 Å². The Labute approximate surface area is 119 Å². The molecule has 1 rings (SSSR count). The summed E-state index contributed by atoms with van der Waals surface area (Å²) in [7, 11) is 0. The van der Waals surface area contributed by atoms with Gasteiger partial charge in [0.2, 0.25) is 5.91 Å². The van der Waals surface area contributed by atoms with Gasteiger partial charge >= 0.3 is 0 Å². The maximum atomic E-state index is 13.5. The molecule has 0 aliphatic heterocycles. The third-order valence-corrected chi connectivity index (χ3v) is 2.80.